The summed E-state index contributed by atoms with van der Waals surface area (Å²) >= 11 is 0. The SMILES string of the molecule is CC(=O)c1ccccn1.CO. The molecule has 0 bridgehead atoms. The van der Waals surface area contributed by atoms with E-state index < -0.39 is 0 Å². The molecule has 0 spiro atoms. The van der Waals surface area contributed by atoms with Crippen LogP contribution >= 0.6 is 0 Å². The summed E-state index contributed by atoms with van der Waals surface area (Å²) < 4.78 is 0. The molecule has 1 N–H and O–H groups in total. The van der Waals surface area contributed by atoms with Crippen LogP contribution in [0.25, 0.3) is 0 Å². The third-order valence-corrected chi connectivity index (χ3v) is 1.03. The van der Waals surface area contributed by atoms with Crippen LogP contribution < -0.4 is 0 Å². The van der Waals surface area contributed by atoms with Gasteiger partial charge in [0, 0.05) is 20.2 Å². The molecule has 3 nitrogen and oxygen atoms in total. The first kappa shape index (κ1) is 9.78. The molecule has 0 aliphatic rings. The monoisotopic (exact) mass is 153 g/mol. The summed E-state index contributed by atoms with van der Waals surface area (Å²) in [4.78, 5) is 14.4. The molecule has 0 atom stereocenters. The third-order valence-electron chi connectivity index (χ3n) is 1.03. The Bertz CT molecular complexity index is 209. The van der Waals surface area contributed by atoms with E-state index in [0.717, 1.165) is 7.11 Å². The number of carbonyl (C=O) groups excluding carboxylic acids is 1. The molecule has 1 heterocycles. The number of pyridine rings is 1. The van der Waals surface area contributed by atoms with Crippen LogP contribution in [0.15, 0.2) is 24.4 Å². The van der Waals surface area contributed by atoms with Gasteiger partial charge in [0.25, 0.3) is 0 Å². The Morgan fingerprint density at radius 1 is 1.45 bits per heavy atom. The normalized spacial score (nSPS) is 7.91. The van der Waals surface area contributed by atoms with Gasteiger partial charge in [-0.25, -0.2) is 0 Å². The number of carbonyl (C=O) groups is 1. The highest BCUT2D eigenvalue weighted by Gasteiger charge is 1.94. The number of aromatic nitrogens is 1. The smallest absolute Gasteiger partial charge is 0.178 e. The first-order chi connectivity index (χ1) is 5.30. The molecular weight excluding hydrogens is 142 g/mol. The summed E-state index contributed by atoms with van der Waals surface area (Å²) in [5.74, 6) is 0.00981. The Morgan fingerprint density at radius 3 is 2.36 bits per heavy atom. The minimum absolute atomic E-state index is 0.00981. The van der Waals surface area contributed by atoms with Crippen molar-refractivity contribution in [3.63, 3.8) is 0 Å². The second kappa shape index (κ2) is 5.56. The number of aliphatic hydroxyl groups excluding tert-OH is 1. The maximum absolute atomic E-state index is 10.6. The van der Waals surface area contributed by atoms with Crippen LogP contribution in [0, 0.1) is 0 Å². The Labute approximate surface area is 65.7 Å². The van der Waals surface area contributed by atoms with E-state index in [2.05, 4.69) is 4.98 Å². The van der Waals surface area contributed by atoms with Gasteiger partial charge >= 0.3 is 0 Å². The fourth-order valence-electron chi connectivity index (χ4n) is 0.571. The van der Waals surface area contributed by atoms with Gasteiger partial charge in [-0.1, -0.05) is 6.07 Å². The summed E-state index contributed by atoms with van der Waals surface area (Å²) in [6.45, 7) is 1.50. The van der Waals surface area contributed by atoms with Gasteiger partial charge in [0.15, 0.2) is 5.78 Å². The van der Waals surface area contributed by atoms with Crippen molar-refractivity contribution in [1.82, 2.24) is 4.98 Å². The molecule has 60 valence electrons. The Balaban J connectivity index is 0.000000461. The lowest BCUT2D eigenvalue weighted by Crippen LogP contribution is -1.93. The summed E-state index contributed by atoms with van der Waals surface area (Å²) in [5.41, 5.74) is 0.525. The fourth-order valence-corrected chi connectivity index (χ4v) is 0.571. The minimum Gasteiger partial charge on any atom is -0.400 e. The number of hydrogen-bond acceptors (Lipinski definition) is 3. The Kier molecular flexibility index (Phi) is 4.94. The lowest BCUT2D eigenvalue weighted by molar-refractivity contribution is 0.101. The largest absolute Gasteiger partial charge is 0.400 e. The van der Waals surface area contributed by atoms with Crippen LogP contribution in [0.1, 0.15) is 17.4 Å². The van der Waals surface area contributed by atoms with Crippen LogP contribution in [0.5, 0.6) is 0 Å². The van der Waals surface area contributed by atoms with E-state index >= 15 is 0 Å². The van der Waals surface area contributed by atoms with Crippen molar-refractivity contribution in [3.05, 3.63) is 30.1 Å². The number of nitrogens with zero attached hydrogens (tertiary/aromatic N) is 1. The van der Waals surface area contributed by atoms with E-state index in [9.17, 15) is 4.79 Å². The zero-order valence-electron chi connectivity index (χ0n) is 6.61. The maximum Gasteiger partial charge on any atom is 0.178 e. The van der Waals surface area contributed by atoms with Crippen molar-refractivity contribution < 1.29 is 9.90 Å². The van der Waals surface area contributed by atoms with Gasteiger partial charge in [-0.3, -0.25) is 9.78 Å². The lowest BCUT2D eigenvalue weighted by atomic mass is 10.3. The first-order valence-corrected chi connectivity index (χ1v) is 3.17. The second-order valence-electron chi connectivity index (χ2n) is 1.77. The number of rotatable bonds is 1. The van der Waals surface area contributed by atoms with Crippen molar-refractivity contribution in [3.8, 4) is 0 Å². The van der Waals surface area contributed by atoms with Gasteiger partial charge in [-0.2, -0.15) is 0 Å². The molecule has 0 saturated heterocycles. The molecule has 0 amide bonds. The maximum atomic E-state index is 10.6. The molecule has 0 unspecified atom stereocenters. The lowest BCUT2D eigenvalue weighted by Gasteiger charge is -1.88. The highest BCUT2D eigenvalue weighted by Crippen LogP contribution is 1.92. The zero-order chi connectivity index (χ0) is 8.69. The molecule has 3 heteroatoms. The second-order valence-corrected chi connectivity index (χ2v) is 1.77. The number of aliphatic hydroxyl groups is 1. The van der Waals surface area contributed by atoms with Gasteiger partial charge in [-0.15, -0.1) is 0 Å². The van der Waals surface area contributed by atoms with E-state index in [-0.39, 0.29) is 5.78 Å². The number of hydrogen-bond donors (Lipinski definition) is 1. The number of ketones is 1. The summed E-state index contributed by atoms with van der Waals surface area (Å²) in [6.07, 6.45) is 1.61. The highest BCUT2D eigenvalue weighted by atomic mass is 16.2. The summed E-state index contributed by atoms with van der Waals surface area (Å²) in [6, 6.07) is 5.28. The van der Waals surface area contributed by atoms with E-state index in [1.54, 1.807) is 24.4 Å². The molecule has 0 radical (unpaired) electrons. The molecule has 0 fully saturated rings. The Hall–Kier alpha value is -1.22. The van der Waals surface area contributed by atoms with E-state index in [1.165, 1.54) is 6.92 Å². The van der Waals surface area contributed by atoms with Gasteiger partial charge in [0.2, 0.25) is 0 Å². The predicted octanol–water partition coefficient (Wildman–Crippen LogP) is 0.893. The highest BCUT2D eigenvalue weighted by molar-refractivity contribution is 5.91. The molecular formula is C8H11NO2. The van der Waals surface area contributed by atoms with Crippen LogP contribution in [0.2, 0.25) is 0 Å². The van der Waals surface area contributed by atoms with E-state index in [1.807, 2.05) is 0 Å². The zero-order valence-corrected chi connectivity index (χ0v) is 6.61. The van der Waals surface area contributed by atoms with Crippen molar-refractivity contribution in [2.75, 3.05) is 7.11 Å². The summed E-state index contributed by atoms with van der Waals surface area (Å²) in [5, 5.41) is 7.00. The average molecular weight is 153 g/mol. The van der Waals surface area contributed by atoms with Crippen molar-refractivity contribution in [2.45, 2.75) is 6.92 Å². The minimum atomic E-state index is 0.00981. The molecule has 0 aromatic carbocycles. The number of Topliss-reactive ketones (excluding diaryl/α,β-unsaturated/α-hetero) is 1. The molecule has 1 rings (SSSR count). The van der Waals surface area contributed by atoms with Crippen molar-refractivity contribution in [2.24, 2.45) is 0 Å². The first-order valence-electron chi connectivity index (χ1n) is 3.17. The van der Waals surface area contributed by atoms with Crippen LogP contribution in [0.3, 0.4) is 0 Å². The molecule has 0 aliphatic carbocycles. The van der Waals surface area contributed by atoms with Gasteiger partial charge in [0.05, 0.1) is 0 Å². The quantitative estimate of drug-likeness (QED) is 0.609. The summed E-state index contributed by atoms with van der Waals surface area (Å²) in [7, 11) is 1.00. The molecule has 0 aliphatic heterocycles. The van der Waals surface area contributed by atoms with Crippen LogP contribution in [0.4, 0.5) is 0 Å². The fraction of sp³-hybridized carbons (Fsp3) is 0.250. The third kappa shape index (κ3) is 3.47. The molecule has 1 aromatic rings. The van der Waals surface area contributed by atoms with Crippen molar-refractivity contribution in [1.29, 1.82) is 0 Å². The van der Waals surface area contributed by atoms with E-state index in [4.69, 9.17) is 5.11 Å². The van der Waals surface area contributed by atoms with Crippen LogP contribution in [-0.2, 0) is 0 Å². The topological polar surface area (TPSA) is 50.2 Å². The standard InChI is InChI=1S/C7H7NO.CH4O/c1-6(9)7-4-2-3-5-8-7;1-2/h2-5H,1H3;2H,1H3. The molecule has 1 aromatic heterocycles. The van der Waals surface area contributed by atoms with Crippen LogP contribution in [-0.4, -0.2) is 23.0 Å². The van der Waals surface area contributed by atoms with E-state index in [0.29, 0.717) is 5.69 Å². The Morgan fingerprint density at radius 2 is 2.09 bits per heavy atom. The molecule has 11 heavy (non-hydrogen) atoms. The average Bonchev–Trinajstić information content (AvgIpc) is 2.10. The van der Waals surface area contributed by atoms with Gasteiger partial charge < -0.3 is 5.11 Å². The van der Waals surface area contributed by atoms with Crippen molar-refractivity contribution >= 4 is 5.78 Å². The van der Waals surface area contributed by atoms with Gasteiger partial charge in [0.1, 0.15) is 5.69 Å². The molecule has 0 saturated carbocycles. The van der Waals surface area contributed by atoms with Gasteiger partial charge in [-0.05, 0) is 12.1 Å². The predicted molar refractivity (Wildman–Crippen MR) is 42.4 cm³/mol.